The lowest BCUT2D eigenvalue weighted by molar-refractivity contribution is 0.214. The molecule has 0 aromatic heterocycles. The van der Waals surface area contributed by atoms with Gasteiger partial charge in [0.15, 0.2) is 0 Å². The third kappa shape index (κ3) is 1.50. The molecule has 80 valence electrons. The third-order valence-corrected chi connectivity index (χ3v) is 5.04. The molecule has 0 aliphatic heterocycles. The number of nitrogens with one attached hydrogen (secondary N) is 1. The van der Waals surface area contributed by atoms with Crippen molar-refractivity contribution in [2.24, 2.45) is 17.8 Å². The first-order valence-corrected chi connectivity index (χ1v) is 6.59. The normalized spacial score (nSPS) is 43.9. The Morgan fingerprint density at radius 1 is 1.07 bits per heavy atom. The van der Waals surface area contributed by atoms with Gasteiger partial charge in [0.1, 0.15) is 0 Å². The molecular formula is C13H23N. The molecular weight excluding hydrogens is 170 g/mol. The maximum Gasteiger partial charge on any atom is 0.00723 e. The minimum absolute atomic E-state index is 0.801. The van der Waals surface area contributed by atoms with Crippen LogP contribution in [-0.4, -0.2) is 12.1 Å². The van der Waals surface area contributed by atoms with Crippen molar-refractivity contribution in [1.29, 1.82) is 0 Å². The molecule has 1 N–H and O–H groups in total. The van der Waals surface area contributed by atoms with Crippen LogP contribution >= 0.6 is 0 Å². The van der Waals surface area contributed by atoms with Gasteiger partial charge in [0, 0.05) is 12.1 Å². The van der Waals surface area contributed by atoms with Gasteiger partial charge in [-0.25, -0.2) is 0 Å². The summed E-state index contributed by atoms with van der Waals surface area (Å²) in [7, 11) is 0. The molecule has 0 unspecified atom stereocenters. The average Bonchev–Trinajstić information content (AvgIpc) is 2.71. The van der Waals surface area contributed by atoms with Crippen LogP contribution in [0.5, 0.6) is 0 Å². The van der Waals surface area contributed by atoms with Crippen LogP contribution in [0.3, 0.4) is 0 Å². The first kappa shape index (κ1) is 9.21. The fourth-order valence-electron chi connectivity index (χ4n) is 3.98. The molecule has 3 saturated carbocycles. The Kier molecular flexibility index (Phi) is 2.31. The van der Waals surface area contributed by atoms with Gasteiger partial charge in [-0.3, -0.25) is 0 Å². The summed E-state index contributed by atoms with van der Waals surface area (Å²) in [6.45, 7) is 2.43. The first-order valence-electron chi connectivity index (χ1n) is 6.59. The van der Waals surface area contributed by atoms with E-state index in [2.05, 4.69) is 12.2 Å². The highest BCUT2D eigenvalue weighted by Crippen LogP contribution is 2.49. The zero-order chi connectivity index (χ0) is 9.54. The molecule has 0 aromatic carbocycles. The van der Waals surface area contributed by atoms with Crippen LogP contribution in [0.2, 0.25) is 0 Å². The molecule has 3 aliphatic carbocycles. The summed E-state index contributed by atoms with van der Waals surface area (Å²) < 4.78 is 0. The van der Waals surface area contributed by atoms with E-state index in [-0.39, 0.29) is 0 Å². The van der Waals surface area contributed by atoms with Crippen molar-refractivity contribution < 1.29 is 0 Å². The summed E-state index contributed by atoms with van der Waals surface area (Å²) in [5, 5.41) is 3.84. The fourth-order valence-corrected chi connectivity index (χ4v) is 3.98. The molecule has 14 heavy (non-hydrogen) atoms. The van der Waals surface area contributed by atoms with Crippen LogP contribution in [0.1, 0.15) is 51.9 Å². The van der Waals surface area contributed by atoms with Crippen LogP contribution < -0.4 is 5.32 Å². The van der Waals surface area contributed by atoms with Crippen molar-refractivity contribution in [3.8, 4) is 0 Å². The highest BCUT2D eigenvalue weighted by molar-refractivity contribution is 4.95. The minimum atomic E-state index is 0.801. The van der Waals surface area contributed by atoms with Gasteiger partial charge in [0.05, 0.1) is 0 Å². The quantitative estimate of drug-likeness (QED) is 0.726. The lowest BCUT2D eigenvalue weighted by Gasteiger charge is -2.35. The Morgan fingerprint density at radius 2 is 1.93 bits per heavy atom. The molecule has 1 heteroatoms. The molecule has 0 spiro atoms. The topological polar surface area (TPSA) is 12.0 Å². The molecule has 0 saturated heterocycles. The van der Waals surface area contributed by atoms with Gasteiger partial charge >= 0.3 is 0 Å². The zero-order valence-corrected chi connectivity index (χ0v) is 9.34. The summed E-state index contributed by atoms with van der Waals surface area (Å²) in [6, 6.07) is 1.68. The highest BCUT2D eigenvalue weighted by Gasteiger charge is 2.42. The van der Waals surface area contributed by atoms with Crippen LogP contribution in [0.4, 0.5) is 0 Å². The van der Waals surface area contributed by atoms with Crippen LogP contribution in [0.25, 0.3) is 0 Å². The van der Waals surface area contributed by atoms with Crippen LogP contribution in [-0.2, 0) is 0 Å². The van der Waals surface area contributed by atoms with Crippen molar-refractivity contribution in [2.75, 3.05) is 0 Å². The summed E-state index contributed by atoms with van der Waals surface area (Å²) in [5.74, 6) is 3.22. The summed E-state index contributed by atoms with van der Waals surface area (Å²) >= 11 is 0. The first-order chi connectivity index (χ1) is 6.83. The van der Waals surface area contributed by atoms with Gasteiger partial charge in [0.2, 0.25) is 0 Å². The van der Waals surface area contributed by atoms with Crippen LogP contribution in [0, 0.1) is 17.8 Å². The molecule has 2 bridgehead atoms. The standard InChI is InChI=1S/C13H23N/c1-9(14-12-3-2-4-12)13-8-10-5-6-11(13)7-10/h9-14H,2-8H2,1H3/t9-,10+,11+,13-/m0/s1. The number of rotatable bonds is 3. The zero-order valence-electron chi connectivity index (χ0n) is 9.34. The molecule has 1 nitrogen and oxygen atoms in total. The van der Waals surface area contributed by atoms with Crippen LogP contribution in [0.15, 0.2) is 0 Å². The largest absolute Gasteiger partial charge is 0.311 e. The maximum absolute atomic E-state index is 3.84. The average molecular weight is 193 g/mol. The van der Waals surface area contributed by atoms with E-state index in [4.69, 9.17) is 0 Å². The fraction of sp³-hybridized carbons (Fsp3) is 1.00. The highest BCUT2D eigenvalue weighted by atomic mass is 15.0. The van der Waals surface area contributed by atoms with E-state index in [1.165, 1.54) is 38.5 Å². The predicted octanol–water partition coefficient (Wildman–Crippen LogP) is 2.95. The maximum atomic E-state index is 3.84. The SMILES string of the molecule is C[C@H](NC1CCC1)[C@@H]1C[C@@H]2CC[C@@H]1C2. The molecule has 4 atom stereocenters. The van der Waals surface area contributed by atoms with Gasteiger partial charge in [0.25, 0.3) is 0 Å². The minimum Gasteiger partial charge on any atom is -0.311 e. The lowest BCUT2D eigenvalue weighted by atomic mass is 9.82. The van der Waals surface area contributed by atoms with E-state index in [9.17, 15) is 0 Å². The van der Waals surface area contributed by atoms with E-state index in [0.717, 1.165) is 29.8 Å². The molecule has 3 aliphatic rings. The second-order valence-corrected chi connectivity index (χ2v) is 5.92. The second-order valence-electron chi connectivity index (χ2n) is 5.92. The summed E-state index contributed by atoms with van der Waals surface area (Å²) in [6.07, 6.45) is 10.5. The van der Waals surface area contributed by atoms with Crippen molar-refractivity contribution in [1.82, 2.24) is 5.32 Å². The van der Waals surface area contributed by atoms with Crippen molar-refractivity contribution in [3.63, 3.8) is 0 Å². The van der Waals surface area contributed by atoms with Gasteiger partial charge < -0.3 is 5.32 Å². The van der Waals surface area contributed by atoms with Gasteiger partial charge in [-0.15, -0.1) is 0 Å². The van der Waals surface area contributed by atoms with Gasteiger partial charge in [-0.05, 0) is 56.8 Å². The molecule has 3 fully saturated rings. The van der Waals surface area contributed by atoms with E-state index >= 15 is 0 Å². The molecule has 3 rings (SSSR count). The lowest BCUT2D eigenvalue weighted by Crippen LogP contribution is -2.45. The summed E-state index contributed by atoms with van der Waals surface area (Å²) in [4.78, 5) is 0. The van der Waals surface area contributed by atoms with Crippen molar-refractivity contribution in [2.45, 2.75) is 64.0 Å². The van der Waals surface area contributed by atoms with Crippen molar-refractivity contribution in [3.05, 3.63) is 0 Å². The molecule has 0 radical (unpaired) electrons. The third-order valence-electron chi connectivity index (χ3n) is 5.04. The number of hydrogen-bond acceptors (Lipinski definition) is 1. The Hall–Kier alpha value is -0.0400. The Balaban J connectivity index is 1.54. The van der Waals surface area contributed by atoms with Gasteiger partial charge in [-0.2, -0.15) is 0 Å². The number of fused-ring (bicyclic) bond motifs is 2. The predicted molar refractivity (Wildman–Crippen MR) is 59.2 cm³/mol. The van der Waals surface area contributed by atoms with E-state index < -0.39 is 0 Å². The Morgan fingerprint density at radius 3 is 2.43 bits per heavy atom. The Bertz CT molecular complexity index is 209. The second kappa shape index (κ2) is 3.52. The monoisotopic (exact) mass is 193 g/mol. The van der Waals surface area contributed by atoms with Gasteiger partial charge in [-0.1, -0.05) is 12.8 Å². The summed E-state index contributed by atoms with van der Waals surface area (Å²) in [5.41, 5.74) is 0. The van der Waals surface area contributed by atoms with E-state index in [1.807, 2.05) is 0 Å². The molecule has 0 aromatic rings. The van der Waals surface area contributed by atoms with E-state index in [0.29, 0.717) is 0 Å². The molecule has 0 amide bonds. The Labute approximate surface area is 87.7 Å². The van der Waals surface area contributed by atoms with E-state index in [1.54, 1.807) is 6.42 Å². The van der Waals surface area contributed by atoms with Crippen molar-refractivity contribution >= 4 is 0 Å². The smallest absolute Gasteiger partial charge is 0.00723 e. The number of hydrogen-bond donors (Lipinski definition) is 1. The molecule has 0 heterocycles.